The van der Waals surface area contributed by atoms with Crippen LogP contribution in [-0.2, 0) is 0 Å². The third-order valence-electron chi connectivity index (χ3n) is 2.40. The second-order valence-corrected chi connectivity index (χ2v) is 4.61. The highest BCUT2D eigenvalue weighted by Gasteiger charge is 2.18. The number of hydrogen-bond donors (Lipinski definition) is 1. The highest BCUT2D eigenvalue weighted by atomic mass is 32.1. The number of carboxylic acids is 1. The zero-order chi connectivity index (χ0) is 11.7. The summed E-state index contributed by atoms with van der Waals surface area (Å²) in [5.41, 5.74) is 2.88. The van der Waals surface area contributed by atoms with Crippen molar-refractivity contribution >= 4 is 17.5 Å². The fourth-order valence-electron chi connectivity index (χ4n) is 1.53. The van der Waals surface area contributed by atoms with E-state index in [1.807, 2.05) is 31.2 Å². The summed E-state index contributed by atoms with van der Waals surface area (Å²) in [6, 6.07) is 7.71. The van der Waals surface area contributed by atoms with Gasteiger partial charge in [-0.1, -0.05) is 29.8 Å². The molecule has 1 aromatic carbocycles. The molecule has 16 heavy (non-hydrogen) atoms. The Morgan fingerprint density at radius 2 is 1.88 bits per heavy atom. The van der Waals surface area contributed by atoms with Gasteiger partial charge in [0.05, 0.1) is 5.69 Å². The Kier molecular flexibility index (Phi) is 2.75. The lowest BCUT2D eigenvalue weighted by Crippen LogP contribution is -1.99. The van der Waals surface area contributed by atoms with Crippen molar-refractivity contribution in [2.75, 3.05) is 0 Å². The Morgan fingerprint density at radius 1 is 1.25 bits per heavy atom. The number of benzene rings is 1. The van der Waals surface area contributed by atoms with E-state index in [4.69, 9.17) is 5.11 Å². The lowest BCUT2D eigenvalue weighted by atomic mass is 10.1. The first kappa shape index (κ1) is 10.8. The number of rotatable bonds is 2. The molecule has 0 fully saturated rings. The van der Waals surface area contributed by atoms with Gasteiger partial charge < -0.3 is 5.11 Å². The van der Waals surface area contributed by atoms with Gasteiger partial charge in [0.2, 0.25) is 0 Å². The molecule has 1 heterocycles. The predicted octanol–water partition coefficient (Wildman–Crippen LogP) is 3.13. The van der Waals surface area contributed by atoms with Crippen molar-refractivity contribution in [3.05, 3.63) is 40.3 Å². The van der Waals surface area contributed by atoms with E-state index in [-0.39, 0.29) is 0 Å². The molecule has 1 N–H and O–H groups in total. The zero-order valence-corrected chi connectivity index (χ0v) is 9.84. The molecule has 2 aromatic rings. The van der Waals surface area contributed by atoms with Crippen molar-refractivity contribution in [2.45, 2.75) is 13.8 Å². The van der Waals surface area contributed by atoms with Gasteiger partial charge in [-0.05, 0) is 25.4 Å². The molecule has 0 aliphatic heterocycles. The Hall–Kier alpha value is -1.68. The molecule has 0 aliphatic carbocycles. The van der Waals surface area contributed by atoms with Crippen LogP contribution in [0.5, 0.6) is 0 Å². The molecule has 82 valence electrons. The molecule has 1 aromatic heterocycles. The summed E-state index contributed by atoms with van der Waals surface area (Å²) in [4.78, 5) is 11.8. The molecule has 0 saturated carbocycles. The third kappa shape index (κ3) is 1.84. The normalized spacial score (nSPS) is 10.4. The molecule has 3 nitrogen and oxygen atoms in total. The first-order valence-electron chi connectivity index (χ1n) is 4.86. The van der Waals surface area contributed by atoms with Crippen LogP contribution in [0.2, 0.25) is 0 Å². The minimum atomic E-state index is -0.915. The summed E-state index contributed by atoms with van der Waals surface area (Å²) >= 11 is 1.23. The average molecular weight is 233 g/mol. The number of hydrogen-bond acceptors (Lipinski definition) is 3. The summed E-state index contributed by atoms with van der Waals surface area (Å²) in [6.45, 7) is 3.77. The molecule has 0 amide bonds. The third-order valence-corrected chi connectivity index (χ3v) is 3.15. The maximum atomic E-state index is 11.1. The van der Waals surface area contributed by atoms with E-state index >= 15 is 0 Å². The fraction of sp³-hybridized carbons (Fsp3) is 0.167. The SMILES string of the molecule is Cc1ccc(-c2nsc(C)c2C(=O)O)cc1. The predicted molar refractivity (Wildman–Crippen MR) is 64.0 cm³/mol. The van der Waals surface area contributed by atoms with Crippen molar-refractivity contribution in [3.8, 4) is 11.3 Å². The van der Waals surface area contributed by atoms with Crippen LogP contribution in [0.1, 0.15) is 20.8 Å². The molecular weight excluding hydrogens is 222 g/mol. The minimum Gasteiger partial charge on any atom is -0.478 e. The van der Waals surface area contributed by atoms with E-state index in [2.05, 4.69) is 4.37 Å². The number of aromatic carboxylic acids is 1. The zero-order valence-electron chi connectivity index (χ0n) is 9.02. The maximum Gasteiger partial charge on any atom is 0.339 e. The molecular formula is C12H11NO2S. The van der Waals surface area contributed by atoms with E-state index in [9.17, 15) is 4.79 Å². The van der Waals surface area contributed by atoms with Crippen LogP contribution in [0.25, 0.3) is 11.3 Å². The van der Waals surface area contributed by atoms with Crippen molar-refractivity contribution in [1.82, 2.24) is 4.37 Å². The van der Waals surface area contributed by atoms with E-state index in [1.165, 1.54) is 11.5 Å². The van der Waals surface area contributed by atoms with Crippen LogP contribution >= 0.6 is 11.5 Å². The van der Waals surface area contributed by atoms with E-state index in [0.717, 1.165) is 16.0 Å². The largest absolute Gasteiger partial charge is 0.478 e. The van der Waals surface area contributed by atoms with Crippen LogP contribution < -0.4 is 0 Å². The van der Waals surface area contributed by atoms with Gasteiger partial charge in [0.25, 0.3) is 0 Å². The summed E-state index contributed by atoms with van der Waals surface area (Å²) in [7, 11) is 0. The lowest BCUT2D eigenvalue weighted by molar-refractivity contribution is 0.0697. The Labute approximate surface area is 97.5 Å². The summed E-state index contributed by atoms with van der Waals surface area (Å²) in [6.07, 6.45) is 0. The van der Waals surface area contributed by atoms with Crippen LogP contribution in [0.15, 0.2) is 24.3 Å². The molecule has 0 spiro atoms. The van der Waals surface area contributed by atoms with Crippen molar-refractivity contribution in [1.29, 1.82) is 0 Å². The summed E-state index contributed by atoms with van der Waals surface area (Å²) in [5.74, 6) is -0.915. The molecule has 0 bridgehead atoms. The Morgan fingerprint density at radius 3 is 2.44 bits per heavy atom. The molecule has 0 unspecified atom stereocenters. The first-order valence-corrected chi connectivity index (χ1v) is 5.63. The smallest absolute Gasteiger partial charge is 0.339 e. The van der Waals surface area contributed by atoms with Gasteiger partial charge in [0, 0.05) is 10.4 Å². The first-order chi connectivity index (χ1) is 7.59. The van der Waals surface area contributed by atoms with Crippen LogP contribution in [0.3, 0.4) is 0 Å². The number of nitrogens with zero attached hydrogens (tertiary/aromatic N) is 1. The van der Waals surface area contributed by atoms with E-state index in [0.29, 0.717) is 11.3 Å². The van der Waals surface area contributed by atoms with Crippen molar-refractivity contribution in [2.24, 2.45) is 0 Å². The Balaban J connectivity index is 2.56. The monoisotopic (exact) mass is 233 g/mol. The summed E-state index contributed by atoms with van der Waals surface area (Å²) in [5, 5.41) is 9.12. The average Bonchev–Trinajstić information content (AvgIpc) is 2.61. The van der Waals surface area contributed by atoms with Gasteiger partial charge in [-0.15, -0.1) is 0 Å². The molecule has 4 heteroatoms. The van der Waals surface area contributed by atoms with Gasteiger partial charge in [-0.3, -0.25) is 0 Å². The van der Waals surface area contributed by atoms with Crippen LogP contribution in [-0.4, -0.2) is 15.4 Å². The fourth-order valence-corrected chi connectivity index (χ4v) is 2.23. The molecule has 0 saturated heterocycles. The van der Waals surface area contributed by atoms with Gasteiger partial charge in [-0.25, -0.2) is 4.79 Å². The minimum absolute atomic E-state index is 0.314. The molecule has 2 rings (SSSR count). The maximum absolute atomic E-state index is 11.1. The molecule has 0 aliphatic rings. The van der Waals surface area contributed by atoms with Crippen LogP contribution in [0, 0.1) is 13.8 Å². The topological polar surface area (TPSA) is 50.2 Å². The highest BCUT2D eigenvalue weighted by molar-refractivity contribution is 7.06. The van der Waals surface area contributed by atoms with Crippen molar-refractivity contribution in [3.63, 3.8) is 0 Å². The standard InChI is InChI=1S/C12H11NO2S/c1-7-3-5-9(6-4-7)11-10(12(14)15)8(2)16-13-11/h3-6H,1-2H3,(H,14,15). The highest BCUT2D eigenvalue weighted by Crippen LogP contribution is 2.27. The number of aromatic nitrogens is 1. The quantitative estimate of drug-likeness (QED) is 0.867. The second kappa shape index (κ2) is 4.06. The number of carboxylic acid groups (broad SMARTS) is 1. The van der Waals surface area contributed by atoms with Crippen LogP contribution in [0.4, 0.5) is 0 Å². The number of carbonyl (C=O) groups is 1. The van der Waals surface area contributed by atoms with Gasteiger partial charge in [0.15, 0.2) is 0 Å². The lowest BCUT2D eigenvalue weighted by Gasteiger charge is -2.00. The van der Waals surface area contributed by atoms with E-state index < -0.39 is 5.97 Å². The Bertz CT molecular complexity index is 528. The van der Waals surface area contributed by atoms with Gasteiger partial charge in [0.1, 0.15) is 5.56 Å². The van der Waals surface area contributed by atoms with E-state index in [1.54, 1.807) is 6.92 Å². The number of aryl methyl sites for hydroxylation is 2. The molecule has 0 atom stereocenters. The van der Waals surface area contributed by atoms with Gasteiger partial charge in [-0.2, -0.15) is 4.37 Å². The van der Waals surface area contributed by atoms with Crippen molar-refractivity contribution < 1.29 is 9.90 Å². The molecule has 0 radical (unpaired) electrons. The summed E-state index contributed by atoms with van der Waals surface area (Å²) < 4.78 is 4.20. The van der Waals surface area contributed by atoms with Gasteiger partial charge >= 0.3 is 5.97 Å². The second-order valence-electron chi connectivity index (χ2n) is 3.63.